The van der Waals surface area contributed by atoms with E-state index in [4.69, 9.17) is 5.73 Å². The predicted molar refractivity (Wildman–Crippen MR) is 110 cm³/mol. The highest BCUT2D eigenvalue weighted by molar-refractivity contribution is 7.89. The minimum Gasteiger partial charge on any atom is -0.326 e. The largest absolute Gasteiger partial charge is 0.326 e. The van der Waals surface area contributed by atoms with Crippen molar-refractivity contribution in [2.24, 2.45) is 5.73 Å². The van der Waals surface area contributed by atoms with Gasteiger partial charge in [-0.05, 0) is 47.0 Å². The zero-order valence-electron chi connectivity index (χ0n) is 15.2. The maximum absolute atomic E-state index is 12.4. The van der Waals surface area contributed by atoms with Crippen LogP contribution in [0.1, 0.15) is 11.1 Å². The van der Waals surface area contributed by atoms with Gasteiger partial charge in [-0.15, -0.1) is 0 Å². The molecule has 0 aliphatic heterocycles. The van der Waals surface area contributed by atoms with Crippen molar-refractivity contribution in [2.75, 3.05) is 19.6 Å². The van der Waals surface area contributed by atoms with Gasteiger partial charge < -0.3 is 11.1 Å². The summed E-state index contributed by atoms with van der Waals surface area (Å²) in [5, 5.41) is 5.21. The number of hydrogen-bond donors (Lipinski definition) is 3. The zero-order chi connectivity index (χ0) is 19.1. The lowest BCUT2D eigenvalue weighted by Gasteiger charge is -2.09. The van der Waals surface area contributed by atoms with Crippen LogP contribution in [-0.2, 0) is 23.0 Å². The molecule has 0 aliphatic carbocycles. The summed E-state index contributed by atoms with van der Waals surface area (Å²) in [6.07, 6.45) is 0.891. The van der Waals surface area contributed by atoms with Crippen LogP contribution in [0.4, 0.5) is 0 Å². The van der Waals surface area contributed by atoms with E-state index < -0.39 is 10.0 Å². The number of nitrogens with two attached hydrogens (primary N) is 1. The van der Waals surface area contributed by atoms with Crippen LogP contribution in [0.15, 0.2) is 71.6 Å². The monoisotopic (exact) mass is 383 g/mol. The highest BCUT2D eigenvalue weighted by Crippen LogP contribution is 2.18. The van der Waals surface area contributed by atoms with Crippen LogP contribution in [0.3, 0.4) is 0 Å². The van der Waals surface area contributed by atoms with E-state index >= 15 is 0 Å². The van der Waals surface area contributed by atoms with Gasteiger partial charge >= 0.3 is 0 Å². The van der Waals surface area contributed by atoms with E-state index in [-0.39, 0.29) is 0 Å². The Bertz CT molecular complexity index is 986. The highest BCUT2D eigenvalue weighted by atomic mass is 32.2. The van der Waals surface area contributed by atoms with Crippen LogP contribution in [0.2, 0.25) is 0 Å². The normalized spacial score (nSPS) is 11.7. The molecule has 142 valence electrons. The van der Waals surface area contributed by atoms with Gasteiger partial charge in [0, 0.05) is 19.6 Å². The fraction of sp³-hybridized carbons (Fsp3) is 0.238. The lowest BCUT2D eigenvalue weighted by atomic mass is 10.1. The molecule has 0 atom stereocenters. The second-order valence-corrected chi connectivity index (χ2v) is 8.19. The van der Waals surface area contributed by atoms with Gasteiger partial charge in [0.05, 0.1) is 4.90 Å². The van der Waals surface area contributed by atoms with Crippen molar-refractivity contribution >= 4 is 20.8 Å². The molecule has 6 heteroatoms. The molecule has 0 saturated carbocycles. The topological polar surface area (TPSA) is 84.2 Å². The summed E-state index contributed by atoms with van der Waals surface area (Å²) in [5.74, 6) is 0. The van der Waals surface area contributed by atoms with Gasteiger partial charge in [0.1, 0.15) is 0 Å². The molecule has 3 aromatic rings. The molecule has 0 bridgehead atoms. The minimum atomic E-state index is -3.50. The van der Waals surface area contributed by atoms with E-state index in [1.165, 1.54) is 5.56 Å². The first-order valence-corrected chi connectivity index (χ1v) is 10.5. The van der Waals surface area contributed by atoms with Crippen molar-refractivity contribution in [3.8, 4) is 0 Å². The Morgan fingerprint density at radius 2 is 1.48 bits per heavy atom. The van der Waals surface area contributed by atoms with Gasteiger partial charge in [0.15, 0.2) is 0 Å². The number of sulfonamides is 1. The third-order valence-electron chi connectivity index (χ3n) is 4.47. The average molecular weight is 384 g/mol. The minimum absolute atomic E-state index is 0.293. The molecule has 27 heavy (non-hydrogen) atoms. The third-order valence-corrected chi connectivity index (χ3v) is 5.93. The predicted octanol–water partition coefficient (Wildman–Crippen LogP) is 2.41. The van der Waals surface area contributed by atoms with E-state index in [1.54, 1.807) is 12.1 Å². The molecule has 3 aromatic carbocycles. The van der Waals surface area contributed by atoms with Gasteiger partial charge in [0.25, 0.3) is 0 Å². The van der Waals surface area contributed by atoms with Crippen molar-refractivity contribution in [1.82, 2.24) is 10.0 Å². The number of rotatable bonds is 9. The first-order valence-electron chi connectivity index (χ1n) is 9.05. The van der Waals surface area contributed by atoms with Gasteiger partial charge in [-0.1, -0.05) is 54.6 Å². The molecule has 0 unspecified atom stereocenters. The molecule has 3 rings (SSSR count). The molecule has 0 radical (unpaired) electrons. The molecule has 0 fully saturated rings. The van der Waals surface area contributed by atoms with Crippen LogP contribution < -0.4 is 15.8 Å². The highest BCUT2D eigenvalue weighted by Gasteiger charge is 2.13. The molecular weight excluding hydrogens is 358 g/mol. The third kappa shape index (κ3) is 5.37. The van der Waals surface area contributed by atoms with Crippen LogP contribution in [-0.4, -0.2) is 28.1 Å². The van der Waals surface area contributed by atoms with Gasteiger partial charge in [-0.3, -0.25) is 0 Å². The molecule has 0 aromatic heterocycles. The van der Waals surface area contributed by atoms with Crippen molar-refractivity contribution in [2.45, 2.75) is 17.9 Å². The molecule has 0 heterocycles. The second-order valence-electron chi connectivity index (χ2n) is 6.43. The smallest absolute Gasteiger partial charge is 0.240 e. The van der Waals surface area contributed by atoms with Gasteiger partial charge in [-0.25, -0.2) is 13.1 Å². The Hall–Kier alpha value is -2.25. The van der Waals surface area contributed by atoms with E-state index in [0.717, 1.165) is 29.3 Å². The maximum atomic E-state index is 12.4. The molecule has 0 amide bonds. The quantitative estimate of drug-likeness (QED) is 0.496. The summed E-state index contributed by atoms with van der Waals surface area (Å²) < 4.78 is 27.5. The fourth-order valence-corrected chi connectivity index (χ4v) is 3.96. The zero-order valence-corrected chi connectivity index (χ0v) is 16.0. The first-order chi connectivity index (χ1) is 13.1. The average Bonchev–Trinajstić information content (AvgIpc) is 2.70. The standard InChI is InChI=1S/C21H25N3O2S/c22-16-18-7-5-17(6-8-18)11-12-23-13-14-24-27(25,26)21-10-9-19-3-1-2-4-20(19)15-21/h1-10,15,23-24H,11-14,16,22H2. The van der Waals surface area contributed by atoms with Crippen LogP contribution >= 0.6 is 0 Å². The number of fused-ring (bicyclic) bond motifs is 1. The first kappa shape index (κ1) is 19.5. The summed E-state index contributed by atoms with van der Waals surface area (Å²) in [6.45, 7) is 2.27. The molecule has 0 aliphatic rings. The molecule has 5 nitrogen and oxygen atoms in total. The second kappa shape index (κ2) is 9.10. The van der Waals surface area contributed by atoms with E-state index in [1.807, 2.05) is 42.5 Å². The van der Waals surface area contributed by atoms with E-state index in [2.05, 4.69) is 22.2 Å². The molecule has 0 spiro atoms. The van der Waals surface area contributed by atoms with Crippen LogP contribution in [0, 0.1) is 0 Å². The lowest BCUT2D eigenvalue weighted by molar-refractivity contribution is 0.576. The van der Waals surface area contributed by atoms with Crippen LogP contribution in [0.5, 0.6) is 0 Å². The summed E-state index contributed by atoms with van der Waals surface area (Å²) in [6, 6.07) is 21.1. The summed E-state index contributed by atoms with van der Waals surface area (Å²) in [4.78, 5) is 0.293. The molecule has 4 N–H and O–H groups in total. The van der Waals surface area contributed by atoms with Crippen molar-refractivity contribution < 1.29 is 8.42 Å². The molecular formula is C21H25N3O2S. The fourth-order valence-electron chi connectivity index (χ4n) is 2.89. The Morgan fingerprint density at radius 1 is 0.778 bits per heavy atom. The summed E-state index contributed by atoms with van der Waals surface area (Å²) >= 11 is 0. The number of nitrogens with one attached hydrogen (secondary N) is 2. The Morgan fingerprint density at radius 3 is 2.22 bits per heavy atom. The lowest BCUT2D eigenvalue weighted by Crippen LogP contribution is -2.32. The number of benzene rings is 3. The van der Waals surface area contributed by atoms with Crippen molar-refractivity contribution in [1.29, 1.82) is 0 Å². The summed E-state index contributed by atoms with van der Waals surface area (Å²) in [5.41, 5.74) is 7.94. The van der Waals surface area contributed by atoms with E-state index in [9.17, 15) is 8.42 Å². The van der Waals surface area contributed by atoms with Crippen LogP contribution in [0.25, 0.3) is 10.8 Å². The summed E-state index contributed by atoms with van der Waals surface area (Å²) in [7, 11) is -3.50. The Balaban J connectivity index is 1.44. The van der Waals surface area contributed by atoms with E-state index in [0.29, 0.717) is 24.5 Å². The SMILES string of the molecule is NCc1ccc(CCNCCNS(=O)(=O)c2ccc3ccccc3c2)cc1. The molecule has 0 saturated heterocycles. The Labute approximate surface area is 160 Å². The van der Waals surface area contributed by atoms with Gasteiger partial charge in [0.2, 0.25) is 10.0 Å². The number of hydrogen-bond acceptors (Lipinski definition) is 4. The van der Waals surface area contributed by atoms with Crippen molar-refractivity contribution in [3.63, 3.8) is 0 Å². The Kier molecular flexibility index (Phi) is 6.58. The van der Waals surface area contributed by atoms with Crippen molar-refractivity contribution in [3.05, 3.63) is 77.9 Å². The maximum Gasteiger partial charge on any atom is 0.240 e. The van der Waals surface area contributed by atoms with Gasteiger partial charge in [-0.2, -0.15) is 0 Å².